The Balaban J connectivity index is 2.69. The van der Waals surface area contributed by atoms with E-state index in [1.165, 1.54) is 10.5 Å². The number of aromatic nitrogens is 2. The molecule has 0 saturated carbocycles. The van der Waals surface area contributed by atoms with Crippen molar-refractivity contribution in [2.75, 3.05) is 0 Å². The van der Waals surface area contributed by atoms with E-state index in [0.29, 0.717) is 11.2 Å². The lowest BCUT2D eigenvalue weighted by atomic mass is 10.2. The molecule has 16 heavy (non-hydrogen) atoms. The lowest BCUT2D eigenvalue weighted by Crippen LogP contribution is -2.17. The van der Waals surface area contributed by atoms with Crippen molar-refractivity contribution in [3.63, 3.8) is 0 Å². The molecule has 4 heteroatoms. The minimum atomic E-state index is -0.768. The van der Waals surface area contributed by atoms with Crippen molar-refractivity contribution < 1.29 is 4.39 Å². The average Bonchev–Trinajstić information content (AvgIpc) is 2.33. The molecule has 2 aromatic heterocycles. The van der Waals surface area contributed by atoms with Gasteiger partial charge in [-0.1, -0.05) is 18.2 Å². The molecule has 0 radical (unpaired) electrons. The molecule has 0 amide bonds. The third-order valence-electron chi connectivity index (χ3n) is 2.53. The predicted molar refractivity (Wildman–Crippen MR) is 58.9 cm³/mol. The highest BCUT2D eigenvalue weighted by Crippen LogP contribution is 2.12. The Hall–Kier alpha value is -2.23. The van der Waals surface area contributed by atoms with Gasteiger partial charge in [0.1, 0.15) is 5.65 Å². The molecule has 1 aromatic carbocycles. The summed E-state index contributed by atoms with van der Waals surface area (Å²) in [4.78, 5) is 15.8. The van der Waals surface area contributed by atoms with Crippen molar-refractivity contribution in [1.82, 2.24) is 9.38 Å². The molecular weight excluding hydrogens is 207 g/mol. The molecule has 0 atom stereocenters. The Labute approximate surface area is 89.8 Å². The number of hydrogen-bond acceptors (Lipinski definition) is 2. The fraction of sp³-hybridized carbons (Fsp3) is 0. The van der Waals surface area contributed by atoms with Crippen LogP contribution in [-0.4, -0.2) is 9.38 Å². The van der Waals surface area contributed by atoms with Crippen LogP contribution in [0.2, 0.25) is 0 Å². The molecule has 0 bridgehead atoms. The smallest absolute Gasteiger partial charge is 0.266 e. The number of pyridine rings is 1. The van der Waals surface area contributed by atoms with Gasteiger partial charge in [0.05, 0.1) is 5.52 Å². The maximum absolute atomic E-state index is 13.2. The Bertz CT molecular complexity index is 749. The first kappa shape index (κ1) is 9.03. The quantitative estimate of drug-likeness (QED) is 0.536. The fourth-order valence-electron chi connectivity index (χ4n) is 1.77. The third-order valence-corrected chi connectivity index (χ3v) is 2.53. The van der Waals surface area contributed by atoms with E-state index in [4.69, 9.17) is 0 Å². The Morgan fingerprint density at radius 2 is 1.94 bits per heavy atom. The largest absolute Gasteiger partial charge is 0.292 e. The zero-order chi connectivity index (χ0) is 11.1. The van der Waals surface area contributed by atoms with Gasteiger partial charge in [-0.2, -0.15) is 0 Å². The van der Waals surface area contributed by atoms with E-state index in [9.17, 15) is 9.18 Å². The van der Waals surface area contributed by atoms with Crippen LogP contribution in [0.4, 0.5) is 4.39 Å². The highest BCUT2D eigenvalue weighted by atomic mass is 19.1. The molecule has 0 aliphatic carbocycles. The first-order valence-electron chi connectivity index (χ1n) is 4.82. The zero-order valence-corrected chi connectivity index (χ0v) is 8.22. The molecule has 3 aromatic rings. The van der Waals surface area contributed by atoms with Gasteiger partial charge in [0.25, 0.3) is 5.56 Å². The van der Waals surface area contributed by atoms with E-state index in [2.05, 4.69) is 4.98 Å². The third kappa shape index (κ3) is 1.13. The van der Waals surface area contributed by atoms with Crippen LogP contribution < -0.4 is 5.56 Å². The first-order chi connectivity index (χ1) is 7.77. The Kier molecular flexibility index (Phi) is 1.77. The summed E-state index contributed by atoms with van der Waals surface area (Å²) < 4.78 is 14.5. The van der Waals surface area contributed by atoms with Crippen LogP contribution in [-0.2, 0) is 0 Å². The molecular formula is C12H7FN2O. The molecule has 0 aliphatic heterocycles. The van der Waals surface area contributed by atoms with Crippen molar-refractivity contribution in [2.24, 2.45) is 0 Å². The van der Waals surface area contributed by atoms with Crippen molar-refractivity contribution >= 4 is 16.6 Å². The summed E-state index contributed by atoms with van der Waals surface area (Å²) in [5.41, 5.74) is 0.448. The summed E-state index contributed by atoms with van der Waals surface area (Å²) in [5, 5.41) is 0.808. The Morgan fingerprint density at radius 3 is 2.81 bits per heavy atom. The van der Waals surface area contributed by atoms with E-state index < -0.39 is 11.4 Å². The highest BCUT2D eigenvalue weighted by Gasteiger charge is 2.06. The van der Waals surface area contributed by atoms with E-state index in [1.54, 1.807) is 18.3 Å². The minimum Gasteiger partial charge on any atom is -0.266 e. The maximum atomic E-state index is 13.2. The number of rotatable bonds is 0. The topological polar surface area (TPSA) is 34.4 Å². The van der Waals surface area contributed by atoms with Gasteiger partial charge in [0, 0.05) is 11.6 Å². The van der Waals surface area contributed by atoms with Crippen molar-refractivity contribution in [3.8, 4) is 0 Å². The molecule has 2 heterocycles. The van der Waals surface area contributed by atoms with Crippen LogP contribution in [0.25, 0.3) is 16.6 Å². The fourth-order valence-corrected chi connectivity index (χ4v) is 1.77. The van der Waals surface area contributed by atoms with Crippen LogP contribution in [0.5, 0.6) is 0 Å². The summed E-state index contributed by atoms with van der Waals surface area (Å²) in [5.74, 6) is -0.768. The summed E-state index contributed by atoms with van der Waals surface area (Å²) in [6, 6.07) is 9.88. The SMILES string of the molecule is O=c1c(F)ccc2ncc3ccccc3n12. The van der Waals surface area contributed by atoms with Gasteiger partial charge in [-0.15, -0.1) is 0 Å². The molecule has 0 spiro atoms. The average molecular weight is 214 g/mol. The van der Waals surface area contributed by atoms with Gasteiger partial charge < -0.3 is 0 Å². The second-order valence-corrected chi connectivity index (χ2v) is 3.50. The summed E-state index contributed by atoms with van der Waals surface area (Å²) in [7, 11) is 0. The monoisotopic (exact) mass is 214 g/mol. The van der Waals surface area contributed by atoms with E-state index in [-0.39, 0.29) is 0 Å². The maximum Gasteiger partial charge on any atom is 0.292 e. The van der Waals surface area contributed by atoms with E-state index >= 15 is 0 Å². The molecule has 0 unspecified atom stereocenters. The highest BCUT2D eigenvalue weighted by molar-refractivity contribution is 5.80. The number of fused-ring (bicyclic) bond motifs is 3. The number of benzene rings is 1. The Morgan fingerprint density at radius 1 is 1.12 bits per heavy atom. The van der Waals surface area contributed by atoms with Crippen LogP contribution >= 0.6 is 0 Å². The second kappa shape index (κ2) is 3.13. The molecule has 0 saturated heterocycles. The summed E-state index contributed by atoms with van der Waals surface area (Å²) in [6.45, 7) is 0. The lowest BCUT2D eigenvalue weighted by Gasteiger charge is -2.04. The van der Waals surface area contributed by atoms with Gasteiger partial charge in [-0.3, -0.25) is 9.20 Å². The zero-order valence-electron chi connectivity index (χ0n) is 8.22. The summed E-state index contributed by atoms with van der Waals surface area (Å²) >= 11 is 0. The van der Waals surface area contributed by atoms with Crippen molar-refractivity contribution in [2.45, 2.75) is 0 Å². The predicted octanol–water partition coefficient (Wildman–Crippen LogP) is 1.99. The van der Waals surface area contributed by atoms with Gasteiger partial charge in [-0.25, -0.2) is 9.37 Å². The van der Waals surface area contributed by atoms with E-state index in [1.807, 2.05) is 12.1 Å². The first-order valence-corrected chi connectivity index (χ1v) is 4.82. The van der Waals surface area contributed by atoms with Crippen LogP contribution in [0.1, 0.15) is 0 Å². The molecule has 0 N–H and O–H groups in total. The lowest BCUT2D eigenvalue weighted by molar-refractivity contribution is 0.606. The molecule has 3 nitrogen and oxygen atoms in total. The van der Waals surface area contributed by atoms with E-state index in [0.717, 1.165) is 11.5 Å². The van der Waals surface area contributed by atoms with Crippen molar-refractivity contribution in [1.29, 1.82) is 0 Å². The minimum absolute atomic E-state index is 0.449. The van der Waals surface area contributed by atoms with Crippen LogP contribution in [0, 0.1) is 5.82 Å². The molecule has 78 valence electrons. The van der Waals surface area contributed by atoms with Gasteiger partial charge in [0.2, 0.25) is 0 Å². The summed E-state index contributed by atoms with van der Waals surface area (Å²) in [6.07, 6.45) is 1.67. The normalized spacial score (nSPS) is 11.1. The molecule has 3 rings (SSSR count). The van der Waals surface area contributed by atoms with Crippen molar-refractivity contribution in [3.05, 3.63) is 58.8 Å². The van der Waals surface area contributed by atoms with Crippen LogP contribution in [0.15, 0.2) is 47.4 Å². The number of hydrogen-bond donors (Lipinski definition) is 0. The second-order valence-electron chi connectivity index (χ2n) is 3.50. The molecule has 0 aliphatic rings. The van der Waals surface area contributed by atoms with Gasteiger partial charge in [0.15, 0.2) is 5.82 Å². The van der Waals surface area contributed by atoms with Gasteiger partial charge in [-0.05, 0) is 18.2 Å². The standard InChI is InChI=1S/C12H7FN2O/c13-9-5-6-11-14-7-8-3-1-2-4-10(8)15(11)12(9)16/h1-7H. The number of halogens is 1. The van der Waals surface area contributed by atoms with Gasteiger partial charge >= 0.3 is 0 Å². The van der Waals surface area contributed by atoms with Crippen LogP contribution in [0.3, 0.4) is 0 Å². The number of para-hydroxylation sites is 1. The number of nitrogens with zero attached hydrogens (tertiary/aromatic N) is 2. The molecule has 0 fully saturated rings.